The van der Waals surface area contributed by atoms with Crippen LogP contribution in [-0.2, 0) is 14.8 Å². The smallest absolute Gasteiger partial charge is 0.406 e. The van der Waals surface area contributed by atoms with E-state index in [1.54, 1.807) is 0 Å². The number of ether oxygens (including phenoxy) is 2. The third kappa shape index (κ3) is 5.56. The molecule has 2 saturated heterocycles. The zero-order valence-electron chi connectivity index (χ0n) is 14.8. The van der Waals surface area contributed by atoms with E-state index in [-0.39, 0.29) is 4.90 Å². The van der Waals surface area contributed by atoms with Gasteiger partial charge in [0.1, 0.15) is 5.75 Å². The number of hydrogen-bond donors (Lipinski definition) is 0. The number of sulfonamides is 1. The average molecular weight is 408 g/mol. The molecule has 2 aliphatic rings. The molecule has 2 heterocycles. The zero-order valence-corrected chi connectivity index (χ0v) is 15.6. The average Bonchev–Trinajstić information content (AvgIpc) is 2.62. The summed E-state index contributed by atoms with van der Waals surface area (Å²) in [5.41, 5.74) is 0. The number of nitrogens with zero attached hydrogens (tertiary/aromatic N) is 2. The Labute approximate surface area is 156 Å². The number of halogens is 3. The molecule has 10 heteroatoms. The molecular weight excluding hydrogens is 385 g/mol. The minimum atomic E-state index is -4.80. The fourth-order valence-electron chi connectivity index (χ4n) is 3.44. The third-order valence-corrected chi connectivity index (χ3v) is 6.80. The van der Waals surface area contributed by atoms with Crippen molar-refractivity contribution in [3.05, 3.63) is 24.3 Å². The third-order valence-electron chi connectivity index (χ3n) is 4.89. The van der Waals surface area contributed by atoms with E-state index >= 15 is 0 Å². The molecule has 0 aliphatic carbocycles. The van der Waals surface area contributed by atoms with E-state index in [1.165, 1.54) is 4.31 Å². The maximum Gasteiger partial charge on any atom is 0.573 e. The quantitative estimate of drug-likeness (QED) is 0.749. The monoisotopic (exact) mass is 408 g/mol. The molecule has 0 spiro atoms. The van der Waals surface area contributed by atoms with E-state index < -0.39 is 22.1 Å². The Morgan fingerprint density at radius 2 is 1.63 bits per heavy atom. The molecule has 0 atom stereocenters. The van der Waals surface area contributed by atoms with Gasteiger partial charge in [-0.2, -0.15) is 4.31 Å². The molecule has 2 fully saturated rings. The van der Waals surface area contributed by atoms with Crippen molar-refractivity contribution in [2.24, 2.45) is 5.92 Å². The van der Waals surface area contributed by atoms with Gasteiger partial charge >= 0.3 is 6.36 Å². The Morgan fingerprint density at radius 1 is 1.04 bits per heavy atom. The first kappa shape index (κ1) is 20.4. The molecule has 0 unspecified atom stereocenters. The lowest BCUT2D eigenvalue weighted by Gasteiger charge is -2.35. The molecule has 6 nitrogen and oxygen atoms in total. The van der Waals surface area contributed by atoms with Crippen LogP contribution in [0.5, 0.6) is 5.75 Å². The molecule has 0 saturated carbocycles. The fourth-order valence-corrected chi connectivity index (χ4v) is 4.91. The minimum absolute atomic E-state index is 0.0244. The Kier molecular flexibility index (Phi) is 6.29. The fraction of sp³-hybridized carbons (Fsp3) is 0.647. The van der Waals surface area contributed by atoms with Crippen molar-refractivity contribution in [3.8, 4) is 5.75 Å². The Balaban J connectivity index is 1.56. The van der Waals surface area contributed by atoms with Crippen molar-refractivity contribution in [1.29, 1.82) is 0 Å². The molecule has 0 radical (unpaired) electrons. The van der Waals surface area contributed by atoms with Crippen LogP contribution in [0.1, 0.15) is 12.8 Å². The van der Waals surface area contributed by atoms with Gasteiger partial charge in [-0.25, -0.2) is 8.42 Å². The molecule has 3 rings (SSSR count). The van der Waals surface area contributed by atoms with Gasteiger partial charge in [0.05, 0.1) is 18.1 Å². The summed E-state index contributed by atoms with van der Waals surface area (Å²) in [5, 5.41) is 0. The number of hydrogen-bond acceptors (Lipinski definition) is 5. The summed E-state index contributed by atoms with van der Waals surface area (Å²) in [5.74, 6) is 0.00257. The highest BCUT2D eigenvalue weighted by Gasteiger charge is 2.32. The summed E-state index contributed by atoms with van der Waals surface area (Å²) in [6.45, 7) is 5.06. The second-order valence-corrected chi connectivity index (χ2v) is 8.72. The first-order valence-electron chi connectivity index (χ1n) is 8.90. The zero-order chi connectivity index (χ0) is 19.5. The van der Waals surface area contributed by atoms with Crippen LogP contribution in [0.4, 0.5) is 13.2 Å². The second-order valence-electron chi connectivity index (χ2n) is 6.78. The van der Waals surface area contributed by atoms with Gasteiger partial charge in [-0.3, -0.25) is 4.90 Å². The molecule has 1 aromatic rings. The summed E-state index contributed by atoms with van der Waals surface area (Å²) in [7, 11) is -3.72. The largest absolute Gasteiger partial charge is 0.573 e. The van der Waals surface area contributed by atoms with E-state index in [2.05, 4.69) is 9.64 Å². The van der Waals surface area contributed by atoms with E-state index in [9.17, 15) is 21.6 Å². The summed E-state index contributed by atoms with van der Waals surface area (Å²) in [6, 6.07) is 4.34. The van der Waals surface area contributed by atoms with Gasteiger partial charge in [0.15, 0.2) is 0 Å². The van der Waals surface area contributed by atoms with Crippen LogP contribution < -0.4 is 4.74 Å². The summed E-state index contributed by atoms with van der Waals surface area (Å²) < 4.78 is 72.6. The van der Waals surface area contributed by atoms with E-state index in [0.717, 1.165) is 70.0 Å². The number of piperidine rings is 1. The summed E-state index contributed by atoms with van der Waals surface area (Å²) >= 11 is 0. The van der Waals surface area contributed by atoms with Gasteiger partial charge in [-0.15, -0.1) is 13.2 Å². The van der Waals surface area contributed by atoms with Crippen molar-refractivity contribution in [2.45, 2.75) is 24.1 Å². The van der Waals surface area contributed by atoms with Crippen LogP contribution in [0.2, 0.25) is 0 Å². The predicted molar refractivity (Wildman–Crippen MR) is 91.9 cm³/mol. The molecule has 0 amide bonds. The van der Waals surface area contributed by atoms with Gasteiger partial charge in [0.2, 0.25) is 10.0 Å². The number of alkyl halides is 3. The SMILES string of the molecule is O=S(=O)(c1ccc(OC(F)(F)F)cc1)N1CCC(CN2CCOCC2)CC1. The number of rotatable bonds is 5. The molecule has 1 aromatic carbocycles. The first-order valence-corrected chi connectivity index (χ1v) is 10.3. The maximum atomic E-state index is 12.7. The second kappa shape index (κ2) is 8.34. The molecule has 0 N–H and O–H groups in total. The molecular formula is C17H23F3N2O4S. The molecule has 0 bridgehead atoms. The number of morpholine rings is 1. The highest BCUT2D eigenvalue weighted by atomic mass is 32.2. The summed E-state index contributed by atoms with van der Waals surface area (Å²) in [6.07, 6.45) is -3.26. The van der Waals surface area contributed by atoms with Gasteiger partial charge in [-0.1, -0.05) is 0 Å². The normalized spacial score (nSPS) is 21.3. The van der Waals surface area contributed by atoms with E-state index in [4.69, 9.17) is 4.74 Å². The molecule has 0 aromatic heterocycles. The molecule has 152 valence electrons. The predicted octanol–water partition coefficient (Wildman–Crippen LogP) is 2.32. The van der Waals surface area contributed by atoms with Crippen molar-refractivity contribution in [3.63, 3.8) is 0 Å². The first-order chi connectivity index (χ1) is 12.7. The highest BCUT2D eigenvalue weighted by molar-refractivity contribution is 7.89. The topological polar surface area (TPSA) is 59.1 Å². The van der Waals surface area contributed by atoms with Crippen LogP contribution in [0.3, 0.4) is 0 Å². The van der Waals surface area contributed by atoms with Crippen LogP contribution in [-0.4, -0.2) is 69.9 Å². The Bertz CT molecular complexity index is 711. The standard InChI is InChI=1S/C17H23F3N2O4S/c18-17(19,20)26-15-1-3-16(4-2-15)27(23,24)22-7-5-14(6-8-22)13-21-9-11-25-12-10-21/h1-4,14H,5-13H2. The van der Waals surface area contributed by atoms with Gasteiger partial charge in [0.25, 0.3) is 0 Å². The van der Waals surface area contributed by atoms with Crippen molar-refractivity contribution in [2.75, 3.05) is 45.9 Å². The van der Waals surface area contributed by atoms with Gasteiger partial charge in [-0.05, 0) is 43.0 Å². The minimum Gasteiger partial charge on any atom is -0.406 e. The summed E-state index contributed by atoms with van der Waals surface area (Å²) in [4.78, 5) is 2.32. The van der Waals surface area contributed by atoms with Crippen molar-refractivity contribution < 1.29 is 31.1 Å². The lowest BCUT2D eigenvalue weighted by molar-refractivity contribution is -0.274. The molecule has 2 aliphatic heterocycles. The van der Waals surface area contributed by atoms with Crippen LogP contribution in [0.15, 0.2) is 29.2 Å². The van der Waals surface area contributed by atoms with Gasteiger partial charge in [0, 0.05) is 32.7 Å². The lowest BCUT2D eigenvalue weighted by Crippen LogP contribution is -2.44. The lowest BCUT2D eigenvalue weighted by atomic mass is 9.97. The molecule has 27 heavy (non-hydrogen) atoms. The van der Waals surface area contributed by atoms with Crippen LogP contribution >= 0.6 is 0 Å². The Hall–Kier alpha value is -1.36. The highest BCUT2D eigenvalue weighted by Crippen LogP contribution is 2.27. The van der Waals surface area contributed by atoms with Crippen molar-refractivity contribution in [1.82, 2.24) is 9.21 Å². The van der Waals surface area contributed by atoms with Crippen molar-refractivity contribution >= 4 is 10.0 Å². The van der Waals surface area contributed by atoms with E-state index in [1.807, 2.05) is 0 Å². The number of benzene rings is 1. The Morgan fingerprint density at radius 3 is 2.19 bits per heavy atom. The van der Waals surface area contributed by atoms with Crippen LogP contribution in [0, 0.1) is 5.92 Å². The van der Waals surface area contributed by atoms with E-state index in [0.29, 0.717) is 19.0 Å². The van der Waals surface area contributed by atoms with Crippen LogP contribution in [0.25, 0.3) is 0 Å². The van der Waals surface area contributed by atoms with Gasteiger partial charge < -0.3 is 9.47 Å². The maximum absolute atomic E-state index is 12.7.